The highest BCUT2D eigenvalue weighted by Crippen LogP contribution is 2.56. The monoisotopic (exact) mass is 590 g/mol. The van der Waals surface area contributed by atoms with Crippen LogP contribution in [0.5, 0.6) is 11.5 Å². The van der Waals surface area contributed by atoms with Gasteiger partial charge in [-0.05, 0) is 27.2 Å². The van der Waals surface area contributed by atoms with Gasteiger partial charge in [0.15, 0.2) is 17.9 Å². The topological polar surface area (TPSA) is 199 Å². The Hall–Kier alpha value is -2.91. The summed E-state index contributed by atoms with van der Waals surface area (Å²) in [5.74, 6) is -3.82. The van der Waals surface area contributed by atoms with Crippen molar-refractivity contribution >= 4 is 17.5 Å². The van der Waals surface area contributed by atoms with Crippen molar-refractivity contribution in [2.24, 2.45) is 0 Å². The number of ketones is 2. The van der Waals surface area contributed by atoms with E-state index in [2.05, 4.69) is 4.74 Å². The summed E-state index contributed by atoms with van der Waals surface area (Å²) in [6, 6.07) is 0. The normalized spacial score (nSPS) is 39.1. The van der Waals surface area contributed by atoms with E-state index in [1.807, 2.05) is 0 Å². The van der Waals surface area contributed by atoms with Crippen LogP contribution in [-0.2, 0) is 28.5 Å². The molecular weight excluding hydrogens is 556 g/mol. The Balaban J connectivity index is 1.43. The smallest absolute Gasteiger partial charge is 0.308 e. The van der Waals surface area contributed by atoms with Crippen LogP contribution < -0.4 is 0 Å². The first kappa shape index (κ1) is 29.2. The molecule has 42 heavy (non-hydrogen) atoms. The lowest BCUT2D eigenvalue weighted by Gasteiger charge is -2.54. The lowest BCUT2D eigenvalue weighted by Crippen LogP contribution is -2.67. The molecule has 5 N–H and O–H groups in total. The second-order valence-electron chi connectivity index (χ2n) is 11.6. The van der Waals surface area contributed by atoms with Gasteiger partial charge in [0, 0.05) is 35.1 Å². The molecule has 0 amide bonds. The third-order valence-electron chi connectivity index (χ3n) is 9.30. The minimum Gasteiger partial charge on any atom is -0.507 e. The van der Waals surface area contributed by atoms with Gasteiger partial charge in [0.25, 0.3) is 0 Å². The molecule has 0 saturated carbocycles. The van der Waals surface area contributed by atoms with Gasteiger partial charge < -0.3 is 49.2 Å². The van der Waals surface area contributed by atoms with E-state index in [1.165, 1.54) is 14.0 Å². The average molecular weight is 591 g/mol. The van der Waals surface area contributed by atoms with Crippen molar-refractivity contribution in [1.29, 1.82) is 0 Å². The van der Waals surface area contributed by atoms with E-state index in [0.717, 1.165) is 0 Å². The molecule has 0 radical (unpaired) electrons. The summed E-state index contributed by atoms with van der Waals surface area (Å²) >= 11 is 0. The van der Waals surface area contributed by atoms with E-state index in [1.54, 1.807) is 13.8 Å². The van der Waals surface area contributed by atoms with Crippen molar-refractivity contribution in [3.8, 4) is 11.5 Å². The summed E-state index contributed by atoms with van der Waals surface area (Å²) in [5, 5.41) is 56.0. The molecule has 2 saturated heterocycles. The maximum absolute atomic E-state index is 14.2. The molecule has 13 heteroatoms. The number of aliphatic hydroxyl groups is 3. The Morgan fingerprint density at radius 2 is 1.64 bits per heavy atom. The van der Waals surface area contributed by atoms with E-state index in [0.29, 0.717) is 12.8 Å². The lowest BCUT2D eigenvalue weighted by atomic mass is 9.63. The molecule has 228 valence electrons. The van der Waals surface area contributed by atoms with Crippen LogP contribution in [0.15, 0.2) is 11.1 Å². The zero-order valence-electron chi connectivity index (χ0n) is 23.5. The minimum atomic E-state index is -2.11. The second kappa shape index (κ2) is 10.1. The van der Waals surface area contributed by atoms with Gasteiger partial charge in [-0.15, -0.1) is 0 Å². The fourth-order valence-electron chi connectivity index (χ4n) is 7.09. The maximum atomic E-state index is 14.2. The number of phenols is 2. The number of benzene rings is 1. The first-order valence-electron chi connectivity index (χ1n) is 14.0. The molecule has 1 aromatic carbocycles. The fraction of sp³-hybridized carbons (Fsp3) is 0.621. The molecule has 6 aliphatic rings. The third kappa shape index (κ3) is 3.99. The molecule has 1 aromatic rings. The number of carbonyl (C=O) groups excluding carboxylic acids is 3. The van der Waals surface area contributed by atoms with Gasteiger partial charge in [0.05, 0.1) is 67.4 Å². The highest BCUT2D eigenvalue weighted by atomic mass is 16.7. The number of esters is 1. The van der Waals surface area contributed by atoms with E-state index < -0.39 is 101 Å². The number of ether oxygens (including phenoxy) is 5. The predicted molar refractivity (Wildman–Crippen MR) is 139 cm³/mol. The molecule has 10 atom stereocenters. The molecule has 2 aliphatic carbocycles. The zero-order valence-corrected chi connectivity index (χ0v) is 23.5. The maximum Gasteiger partial charge on any atom is 0.308 e. The molecule has 4 heterocycles. The van der Waals surface area contributed by atoms with Crippen LogP contribution >= 0.6 is 0 Å². The van der Waals surface area contributed by atoms with Crippen LogP contribution in [0.1, 0.15) is 90.5 Å². The molecule has 7 rings (SSSR count). The van der Waals surface area contributed by atoms with E-state index in [4.69, 9.17) is 18.9 Å². The van der Waals surface area contributed by atoms with Crippen molar-refractivity contribution in [2.45, 2.75) is 107 Å². The Labute approximate surface area is 240 Å². The summed E-state index contributed by atoms with van der Waals surface area (Å²) in [6.45, 7) is 4.74. The Kier molecular flexibility index (Phi) is 7.00. The van der Waals surface area contributed by atoms with Gasteiger partial charge in [-0.1, -0.05) is 0 Å². The summed E-state index contributed by atoms with van der Waals surface area (Å²) in [6.07, 6.45) is -8.36. The first-order valence-corrected chi connectivity index (χ1v) is 14.0. The average Bonchev–Trinajstić information content (AvgIpc) is 2.93. The van der Waals surface area contributed by atoms with Crippen LogP contribution in [0, 0.1) is 0 Å². The summed E-state index contributed by atoms with van der Waals surface area (Å²) in [7, 11) is 1.17. The highest BCUT2D eigenvalue weighted by Gasteiger charge is 2.64. The van der Waals surface area contributed by atoms with Gasteiger partial charge in [-0.2, -0.15) is 0 Å². The second-order valence-corrected chi connectivity index (χ2v) is 11.6. The Bertz CT molecular complexity index is 1400. The number of aromatic hydroxyl groups is 2. The number of aliphatic hydroxyl groups excluding tert-OH is 2. The fourth-order valence-corrected chi connectivity index (χ4v) is 7.09. The molecular formula is C29H34O13. The molecule has 0 spiro atoms. The van der Waals surface area contributed by atoms with Crippen molar-refractivity contribution in [2.75, 3.05) is 7.11 Å². The number of phenolic OH excluding ortho intramolecular Hbond substituents is 2. The molecule has 13 nitrogen and oxygen atoms in total. The largest absolute Gasteiger partial charge is 0.507 e. The van der Waals surface area contributed by atoms with Gasteiger partial charge >= 0.3 is 5.97 Å². The van der Waals surface area contributed by atoms with Crippen LogP contribution in [0.3, 0.4) is 0 Å². The molecule has 4 aliphatic heterocycles. The van der Waals surface area contributed by atoms with Crippen LogP contribution in [0.2, 0.25) is 0 Å². The van der Waals surface area contributed by atoms with E-state index >= 15 is 0 Å². The van der Waals surface area contributed by atoms with Gasteiger partial charge in [-0.25, -0.2) is 0 Å². The van der Waals surface area contributed by atoms with Crippen molar-refractivity contribution in [1.82, 2.24) is 0 Å². The van der Waals surface area contributed by atoms with Gasteiger partial charge in [0.1, 0.15) is 23.2 Å². The molecule has 0 aromatic heterocycles. The quantitative estimate of drug-likeness (QED) is 0.246. The van der Waals surface area contributed by atoms with Crippen LogP contribution in [0.4, 0.5) is 0 Å². The zero-order chi connectivity index (χ0) is 30.4. The summed E-state index contributed by atoms with van der Waals surface area (Å²) in [5.41, 5.74) is -3.94. The van der Waals surface area contributed by atoms with Gasteiger partial charge in [0.2, 0.25) is 0 Å². The number of Topliss-reactive ketones (excluding diaryl/α,β-unsaturated/α-hetero) is 2. The van der Waals surface area contributed by atoms with E-state index in [9.17, 15) is 39.9 Å². The number of carbonyl (C=O) groups is 3. The SMILES string of the molecule is COC(=O)C[C@@H]1O[C@@H](C)c2c(O)c3c(c(O)c2[C@@H]1O)C(=O)C1=C(C3=O)C2(O)C(C)OC1CC2OC1CCC(O)C(C)O1. The summed E-state index contributed by atoms with van der Waals surface area (Å²) in [4.78, 5) is 40.1. The number of rotatable bonds is 4. The molecule has 7 unspecified atom stereocenters. The Morgan fingerprint density at radius 3 is 2.31 bits per heavy atom. The number of hydrogen-bond donors (Lipinski definition) is 5. The first-order chi connectivity index (χ1) is 19.8. The van der Waals surface area contributed by atoms with Crippen molar-refractivity contribution in [3.05, 3.63) is 33.4 Å². The van der Waals surface area contributed by atoms with Crippen molar-refractivity contribution < 1.29 is 63.6 Å². The number of methoxy groups -OCH3 is 1. The standard InChI is InChI=1S/C29H34O13/c1-9-12(30)5-6-17(40-9)42-15-7-13-19-23(29(15,37)11(3)41-13)28(36)22-21(26(19)34)27(35)20-18(25(22)33)10(2)39-14(24(20)32)8-16(31)38-4/h9-15,17,24,30,32-33,35,37H,5-8H2,1-4H3/t9?,10-,11?,12?,13?,14-,15?,17?,24+,29?/m0/s1. The van der Waals surface area contributed by atoms with Crippen LogP contribution in [0.25, 0.3) is 0 Å². The lowest BCUT2D eigenvalue weighted by molar-refractivity contribution is -0.291. The van der Waals surface area contributed by atoms with Crippen LogP contribution in [-0.4, -0.2) is 98.7 Å². The van der Waals surface area contributed by atoms with Gasteiger partial charge in [-0.3, -0.25) is 14.4 Å². The summed E-state index contributed by atoms with van der Waals surface area (Å²) < 4.78 is 28.2. The number of fused-ring (bicyclic) bond motifs is 4. The molecule has 2 fully saturated rings. The highest BCUT2D eigenvalue weighted by molar-refractivity contribution is 6.30. The third-order valence-corrected chi connectivity index (χ3v) is 9.30. The van der Waals surface area contributed by atoms with Crippen molar-refractivity contribution in [3.63, 3.8) is 0 Å². The predicted octanol–water partition coefficient (Wildman–Crippen LogP) is 1.02. The Morgan fingerprint density at radius 1 is 0.976 bits per heavy atom. The number of hydrogen-bond acceptors (Lipinski definition) is 13. The molecule has 2 bridgehead atoms. The van der Waals surface area contributed by atoms with E-state index in [-0.39, 0.29) is 35.1 Å². The minimum absolute atomic E-state index is 0.00277.